The van der Waals surface area contributed by atoms with E-state index in [1.807, 2.05) is 0 Å². The summed E-state index contributed by atoms with van der Waals surface area (Å²) < 4.78 is 0. The van der Waals surface area contributed by atoms with Gasteiger partial charge in [0, 0.05) is 67.5 Å². The number of fused-ring (bicyclic) bond motifs is 33. The Morgan fingerprint density at radius 1 is 0.155 bits per heavy atom. The normalized spacial score (nSPS) is 13.6. The average molecular weight is 1060 g/mol. The molecule has 0 N–H and O–H groups in total. The summed E-state index contributed by atoms with van der Waals surface area (Å²) in [6.45, 7) is 0.126. The van der Waals surface area contributed by atoms with Crippen LogP contribution in [0.1, 0.15) is 0 Å². The quantitative estimate of drug-likeness (QED) is 0.163. The molecule has 0 bridgehead atoms. The van der Waals surface area contributed by atoms with Gasteiger partial charge in [-0.2, -0.15) is 0 Å². The maximum atomic E-state index is 2.60. The molecule has 0 unspecified atom stereocenters. The van der Waals surface area contributed by atoms with Crippen LogP contribution < -0.4 is 47.2 Å². The van der Waals surface area contributed by atoms with E-state index in [1.54, 1.807) is 0 Å². The zero-order valence-corrected chi connectivity index (χ0v) is 45.8. The van der Waals surface area contributed by atoms with Crippen LogP contribution >= 0.6 is 0 Å². The van der Waals surface area contributed by atoms with Crippen molar-refractivity contribution in [2.24, 2.45) is 0 Å². The lowest BCUT2D eigenvalue weighted by Gasteiger charge is -2.43. The predicted octanol–water partition coefficient (Wildman–Crippen LogP) is 15.4. The number of hydrogen-bond acceptors (Lipinski definition) is 3. The first-order valence-electron chi connectivity index (χ1n) is 29.5. The lowest BCUT2D eigenvalue weighted by atomic mass is 9.43. The first-order chi connectivity index (χ1) is 41.7. The van der Waals surface area contributed by atoms with E-state index in [0.717, 1.165) is 0 Å². The third kappa shape index (κ3) is 6.40. The Labute approximate surface area is 490 Å². The number of benzene rings is 13. The second-order valence-electron chi connectivity index (χ2n) is 23.4. The van der Waals surface area contributed by atoms with E-state index in [1.165, 1.54) is 167 Å². The standard InChI is InChI=1S/C78H48B3N3/c1-10-28-67-55(19-1)61-25-7-16-34-74(61)83-77-41-38-50(47-65(77)58-22-4-13-31-70(58)79(67)83)53-43-52(49-37-40-72-64(46-49)63-27-9-18-36-76(63)82-73-33-15-6-24-60(73)57-21-3-12-30-69(57)81(72)82)44-54(45-53)51-39-42-78-66(48-51)59-23-5-14-32-71(59)80-68-29-11-2-20-56(68)62-26-8-17-35-75(62)84(78)80/h1-48H. The summed E-state index contributed by atoms with van der Waals surface area (Å²) in [5.41, 5.74) is 37.8. The third-order valence-electron chi connectivity index (χ3n) is 19.2. The molecule has 13 aromatic rings. The molecule has 19 rings (SSSR count). The molecule has 84 heavy (non-hydrogen) atoms. The molecular weight excluding hydrogens is 1010 g/mol. The van der Waals surface area contributed by atoms with Crippen LogP contribution in [0, 0.1) is 0 Å². The summed E-state index contributed by atoms with van der Waals surface area (Å²) >= 11 is 0. The van der Waals surface area contributed by atoms with Gasteiger partial charge in [0.15, 0.2) is 0 Å². The van der Waals surface area contributed by atoms with E-state index in [2.05, 4.69) is 306 Å². The molecule has 0 saturated heterocycles. The molecule has 6 aliphatic rings. The minimum Gasteiger partial charge on any atom is -0.376 e. The van der Waals surface area contributed by atoms with Crippen LogP contribution in [0.15, 0.2) is 291 Å². The average Bonchev–Trinajstić information content (AvgIpc) is 1.10. The second-order valence-corrected chi connectivity index (χ2v) is 23.4. The van der Waals surface area contributed by atoms with Crippen molar-refractivity contribution in [2.45, 2.75) is 0 Å². The lowest BCUT2D eigenvalue weighted by molar-refractivity contribution is 1.35. The van der Waals surface area contributed by atoms with Gasteiger partial charge in [0.2, 0.25) is 0 Å². The first-order valence-corrected chi connectivity index (χ1v) is 29.5. The SMILES string of the molecule is c1ccc2c(c1)B1c3ccc(-c4cc(-c5ccc6c(c5)-c5ccccc5B5c7ccccc7-c7ccccc7N56)cc(-c5ccc6c(c5)-c5ccccc5B5c7ccccc7-c7ccccc7N56)c4)cc3-c3ccccc3N1c1ccccc1-2. The van der Waals surface area contributed by atoms with Crippen LogP contribution in [0.25, 0.3) is 100 Å². The monoisotopic (exact) mass is 1060 g/mol. The number of anilines is 6. The molecule has 0 atom stereocenters. The Bertz CT molecular complexity index is 4500. The molecule has 0 aromatic heterocycles. The van der Waals surface area contributed by atoms with Crippen molar-refractivity contribution in [3.63, 3.8) is 0 Å². The first kappa shape index (κ1) is 46.1. The van der Waals surface area contributed by atoms with Gasteiger partial charge in [-0.3, -0.25) is 0 Å². The molecule has 3 nitrogen and oxygen atoms in total. The third-order valence-corrected chi connectivity index (χ3v) is 19.2. The minimum atomic E-state index is 0.0218. The highest BCUT2D eigenvalue weighted by Crippen LogP contribution is 2.51. The number of hydrogen-bond donors (Lipinski definition) is 0. The molecule has 0 radical (unpaired) electrons. The van der Waals surface area contributed by atoms with Gasteiger partial charge in [-0.1, -0.05) is 218 Å². The fourth-order valence-corrected chi connectivity index (χ4v) is 15.7. The Morgan fingerprint density at radius 2 is 0.381 bits per heavy atom. The lowest BCUT2D eigenvalue weighted by Crippen LogP contribution is -2.59. The number of rotatable bonds is 3. The van der Waals surface area contributed by atoms with Crippen LogP contribution in [-0.2, 0) is 0 Å². The van der Waals surface area contributed by atoms with Crippen molar-refractivity contribution in [1.29, 1.82) is 0 Å². The van der Waals surface area contributed by atoms with Gasteiger partial charge in [0.25, 0.3) is 0 Å². The Kier molecular flexibility index (Phi) is 9.60. The zero-order chi connectivity index (χ0) is 54.7. The second kappa shape index (κ2) is 17.5. The minimum absolute atomic E-state index is 0.0218. The molecular formula is C78H48B3N3. The van der Waals surface area contributed by atoms with Crippen LogP contribution in [-0.4, -0.2) is 20.5 Å². The molecule has 384 valence electrons. The highest BCUT2D eigenvalue weighted by molar-refractivity contribution is 6.94. The van der Waals surface area contributed by atoms with Crippen molar-refractivity contribution < 1.29 is 0 Å². The van der Waals surface area contributed by atoms with Crippen molar-refractivity contribution in [3.8, 4) is 100 Å². The highest BCUT2D eigenvalue weighted by atomic mass is 15.1. The van der Waals surface area contributed by atoms with Crippen molar-refractivity contribution in [3.05, 3.63) is 291 Å². The van der Waals surface area contributed by atoms with Gasteiger partial charge in [-0.15, -0.1) is 0 Å². The molecule has 6 aliphatic heterocycles. The van der Waals surface area contributed by atoms with E-state index >= 15 is 0 Å². The zero-order valence-electron chi connectivity index (χ0n) is 45.8. The van der Waals surface area contributed by atoms with Crippen LogP contribution in [0.5, 0.6) is 0 Å². The Balaban J connectivity index is 0.815. The molecule has 0 spiro atoms. The van der Waals surface area contributed by atoms with Crippen LogP contribution in [0.4, 0.5) is 34.1 Å². The molecule has 0 fully saturated rings. The number of nitrogens with zero attached hydrogens (tertiary/aromatic N) is 3. The van der Waals surface area contributed by atoms with Gasteiger partial charge in [-0.05, 0) is 172 Å². The van der Waals surface area contributed by atoms with Crippen molar-refractivity contribution >= 4 is 87.4 Å². The smallest absolute Gasteiger partial charge is 0.329 e. The van der Waals surface area contributed by atoms with Crippen LogP contribution in [0.2, 0.25) is 0 Å². The van der Waals surface area contributed by atoms with Crippen molar-refractivity contribution in [1.82, 2.24) is 0 Å². The summed E-state index contributed by atoms with van der Waals surface area (Å²) in [7, 11) is 0. The largest absolute Gasteiger partial charge is 0.376 e. The molecule has 6 heteroatoms. The summed E-state index contributed by atoms with van der Waals surface area (Å²) in [6.07, 6.45) is 0. The Morgan fingerprint density at radius 3 is 0.714 bits per heavy atom. The predicted molar refractivity (Wildman–Crippen MR) is 356 cm³/mol. The van der Waals surface area contributed by atoms with Gasteiger partial charge in [0.05, 0.1) is 0 Å². The van der Waals surface area contributed by atoms with E-state index in [0.29, 0.717) is 0 Å². The summed E-state index contributed by atoms with van der Waals surface area (Å²) in [6, 6.07) is 110. The molecule has 6 heterocycles. The van der Waals surface area contributed by atoms with E-state index < -0.39 is 0 Å². The Hall–Kier alpha value is -10.5. The van der Waals surface area contributed by atoms with E-state index in [4.69, 9.17) is 0 Å². The number of para-hydroxylation sites is 4. The molecule has 13 aromatic carbocycles. The van der Waals surface area contributed by atoms with Gasteiger partial charge >= 0.3 is 20.5 Å². The topological polar surface area (TPSA) is 9.72 Å². The fraction of sp³-hybridized carbons (Fsp3) is 0. The maximum Gasteiger partial charge on any atom is 0.329 e. The molecule has 0 saturated carbocycles. The van der Waals surface area contributed by atoms with Crippen molar-refractivity contribution in [2.75, 3.05) is 14.4 Å². The van der Waals surface area contributed by atoms with Gasteiger partial charge in [0.1, 0.15) is 0 Å². The summed E-state index contributed by atoms with van der Waals surface area (Å²) in [5, 5.41) is 0. The summed E-state index contributed by atoms with van der Waals surface area (Å²) in [5.74, 6) is 0. The molecule has 0 aliphatic carbocycles. The summed E-state index contributed by atoms with van der Waals surface area (Å²) in [4.78, 5) is 7.79. The molecule has 0 amide bonds. The van der Waals surface area contributed by atoms with E-state index in [9.17, 15) is 0 Å². The van der Waals surface area contributed by atoms with Gasteiger partial charge < -0.3 is 14.4 Å². The fourth-order valence-electron chi connectivity index (χ4n) is 15.7. The van der Waals surface area contributed by atoms with Crippen LogP contribution in [0.3, 0.4) is 0 Å². The maximum absolute atomic E-state index is 2.60. The van der Waals surface area contributed by atoms with E-state index in [-0.39, 0.29) is 20.5 Å². The van der Waals surface area contributed by atoms with Gasteiger partial charge in [-0.25, -0.2) is 0 Å². The highest BCUT2D eigenvalue weighted by Gasteiger charge is 2.45.